The van der Waals surface area contributed by atoms with Gasteiger partial charge in [-0.2, -0.15) is 0 Å². The molecule has 1 aliphatic heterocycles. The van der Waals surface area contributed by atoms with Crippen LogP contribution in [-0.2, 0) is 21.2 Å². The SMILES string of the molecule is CC1(CS(=O)(=O)c2ccc(OCc3ccnc4ccccc34)cc2)NC(=O)NC1=O. The lowest BCUT2D eigenvalue weighted by atomic mass is 10.1. The van der Waals surface area contributed by atoms with Crippen LogP contribution in [0, 0.1) is 0 Å². The van der Waals surface area contributed by atoms with Gasteiger partial charge in [-0.05, 0) is 43.3 Å². The van der Waals surface area contributed by atoms with Crippen molar-refractivity contribution in [3.8, 4) is 5.75 Å². The second-order valence-electron chi connectivity index (χ2n) is 7.25. The van der Waals surface area contributed by atoms with E-state index in [1.165, 1.54) is 19.1 Å². The van der Waals surface area contributed by atoms with Gasteiger partial charge in [0.15, 0.2) is 9.84 Å². The molecule has 1 fully saturated rings. The van der Waals surface area contributed by atoms with Crippen molar-refractivity contribution >= 4 is 32.7 Å². The predicted octanol–water partition coefficient (Wildman–Crippen LogP) is 2.19. The zero-order valence-electron chi connectivity index (χ0n) is 16.1. The summed E-state index contributed by atoms with van der Waals surface area (Å²) >= 11 is 0. The molecule has 0 spiro atoms. The number of ether oxygens (including phenoxy) is 1. The van der Waals surface area contributed by atoms with Crippen LogP contribution in [0.5, 0.6) is 5.75 Å². The topological polar surface area (TPSA) is 114 Å². The smallest absolute Gasteiger partial charge is 0.322 e. The number of amides is 3. The highest BCUT2D eigenvalue weighted by atomic mass is 32.2. The summed E-state index contributed by atoms with van der Waals surface area (Å²) < 4.78 is 31.2. The summed E-state index contributed by atoms with van der Waals surface area (Å²) in [6.07, 6.45) is 1.72. The van der Waals surface area contributed by atoms with E-state index >= 15 is 0 Å². The highest BCUT2D eigenvalue weighted by molar-refractivity contribution is 7.91. The first-order chi connectivity index (χ1) is 14.3. The highest BCUT2D eigenvalue weighted by Crippen LogP contribution is 2.23. The lowest BCUT2D eigenvalue weighted by Crippen LogP contribution is -2.49. The maximum atomic E-state index is 12.7. The van der Waals surface area contributed by atoms with E-state index in [1.54, 1.807) is 18.3 Å². The molecule has 30 heavy (non-hydrogen) atoms. The molecule has 0 saturated carbocycles. The van der Waals surface area contributed by atoms with Crippen molar-refractivity contribution in [2.75, 3.05) is 5.75 Å². The molecule has 1 saturated heterocycles. The number of nitrogens with one attached hydrogen (secondary N) is 2. The van der Waals surface area contributed by atoms with Gasteiger partial charge in [0.25, 0.3) is 5.91 Å². The lowest BCUT2D eigenvalue weighted by Gasteiger charge is -2.20. The number of nitrogens with zero attached hydrogens (tertiary/aromatic N) is 1. The Balaban J connectivity index is 1.47. The quantitative estimate of drug-likeness (QED) is 0.585. The minimum atomic E-state index is -3.81. The number of rotatable bonds is 6. The van der Waals surface area contributed by atoms with Crippen molar-refractivity contribution in [1.82, 2.24) is 15.6 Å². The Morgan fingerprint density at radius 3 is 2.47 bits per heavy atom. The van der Waals surface area contributed by atoms with Gasteiger partial charge in [-0.1, -0.05) is 18.2 Å². The third-order valence-corrected chi connectivity index (χ3v) is 6.86. The van der Waals surface area contributed by atoms with Gasteiger partial charge in [-0.3, -0.25) is 15.1 Å². The lowest BCUT2D eigenvalue weighted by molar-refractivity contribution is -0.122. The molecule has 1 unspecified atom stereocenters. The molecular formula is C21H19N3O5S. The van der Waals surface area contributed by atoms with Gasteiger partial charge in [-0.25, -0.2) is 13.2 Å². The van der Waals surface area contributed by atoms with Crippen LogP contribution in [0.3, 0.4) is 0 Å². The van der Waals surface area contributed by atoms with Crippen molar-refractivity contribution < 1.29 is 22.7 Å². The van der Waals surface area contributed by atoms with E-state index in [-0.39, 0.29) is 4.90 Å². The molecular weight excluding hydrogens is 406 g/mol. The van der Waals surface area contributed by atoms with Gasteiger partial charge in [0.1, 0.15) is 17.9 Å². The molecule has 2 heterocycles. The fraction of sp³-hybridized carbons (Fsp3) is 0.190. The number of benzene rings is 2. The molecule has 1 atom stereocenters. The zero-order valence-corrected chi connectivity index (χ0v) is 16.9. The molecule has 2 N–H and O–H groups in total. The van der Waals surface area contributed by atoms with Crippen LogP contribution in [0.2, 0.25) is 0 Å². The first-order valence-electron chi connectivity index (χ1n) is 9.19. The Labute approximate surface area is 173 Å². The predicted molar refractivity (Wildman–Crippen MR) is 110 cm³/mol. The normalized spacial score (nSPS) is 18.8. The number of urea groups is 1. The Hall–Kier alpha value is -3.46. The molecule has 154 valence electrons. The summed E-state index contributed by atoms with van der Waals surface area (Å²) in [7, 11) is -3.81. The van der Waals surface area contributed by atoms with E-state index < -0.39 is 33.1 Å². The van der Waals surface area contributed by atoms with Crippen LogP contribution in [-0.4, -0.2) is 36.6 Å². The number of carbonyl (C=O) groups is 2. The van der Waals surface area contributed by atoms with Gasteiger partial charge in [0.05, 0.1) is 16.2 Å². The number of aromatic nitrogens is 1. The molecule has 0 aliphatic carbocycles. The van der Waals surface area contributed by atoms with Gasteiger partial charge in [-0.15, -0.1) is 0 Å². The largest absolute Gasteiger partial charge is 0.489 e. The van der Waals surface area contributed by atoms with E-state index in [9.17, 15) is 18.0 Å². The molecule has 0 bridgehead atoms. The minimum Gasteiger partial charge on any atom is -0.489 e. The van der Waals surface area contributed by atoms with Crippen LogP contribution < -0.4 is 15.4 Å². The number of hydrogen-bond acceptors (Lipinski definition) is 6. The fourth-order valence-electron chi connectivity index (χ4n) is 3.33. The Morgan fingerprint density at radius 2 is 1.77 bits per heavy atom. The van der Waals surface area contributed by atoms with Crippen LogP contribution in [0.15, 0.2) is 65.7 Å². The number of sulfone groups is 1. The van der Waals surface area contributed by atoms with E-state index in [0.29, 0.717) is 12.4 Å². The number of imide groups is 1. The summed E-state index contributed by atoms with van der Waals surface area (Å²) in [6.45, 7) is 1.68. The molecule has 2 aromatic carbocycles. The average molecular weight is 425 g/mol. The molecule has 3 aromatic rings. The van der Waals surface area contributed by atoms with E-state index in [2.05, 4.69) is 15.6 Å². The first-order valence-corrected chi connectivity index (χ1v) is 10.8. The summed E-state index contributed by atoms with van der Waals surface area (Å²) in [4.78, 5) is 27.6. The van der Waals surface area contributed by atoms with Crippen LogP contribution >= 0.6 is 0 Å². The first kappa shape index (κ1) is 19.8. The van der Waals surface area contributed by atoms with Crippen molar-refractivity contribution in [3.63, 3.8) is 0 Å². The van der Waals surface area contributed by atoms with E-state index in [4.69, 9.17) is 4.74 Å². The zero-order chi connectivity index (χ0) is 21.4. The highest BCUT2D eigenvalue weighted by Gasteiger charge is 2.45. The second kappa shape index (κ2) is 7.42. The van der Waals surface area contributed by atoms with Crippen LogP contribution in [0.4, 0.5) is 4.79 Å². The summed E-state index contributed by atoms with van der Waals surface area (Å²) in [5, 5.41) is 5.41. The summed E-state index contributed by atoms with van der Waals surface area (Å²) in [5.41, 5.74) is 0.331. The van der Waals surface area contributed by atoms with E-state index in [0.717, 1.165) is 16.5 Å². The molecule has 9 heteroatoms. The summed E-state index contributed by atoms with van der Waals surface area (Å²) in [6, 6.07) is 14.9. The van der Waals surface area contributed by atoms with Crippen molar-refractivity contribution in [2.45, 2.75) is 24.0 Å². The van der Waals surface area contributed by atoms with Gasteiger partial charge >= 0.3 is 6.03 Å². The third kappa shape index (κ3) is 3.84. The number of para-hydroxylation sites is 1. The second-order valence-corrected chi connectivity index (χ2v) is 9.24. The maximum Gasteiger partial charge on any atom is 0.322 e. The standard InChI is InChI=1S/C21H19N3O5S/c1-21(19(25)23-20(26)24-21)13-30(27,28)16-8-6-15(7-9-16)29-12-14-10-11-22-18-5-3-2-4-17(14)18/h2-11H,12-13H2,1H3,(H2,23,24,25,26). The van der Waals surface area contributed by atoms with E-state index in [1.807, 2.05) is 30.3 Å². The Morgan fingerprint density at radius 1 is 1.03 bits per heavy atom. The molecule has 4 rings (SSSR count). The van der Waals surface area contributed by atoms with Gasteiger partial charge in [0.2, 0.25) is 0 Å². The van der Waals surface area contributed by atoms with Crippen LogP contribution in [0.1, 0.15) is 12.5 Å². The number of carbonyl (C=O) groups excluding carboxylic acids is 2. The Bertz CT molecular complexity index is 1240. The summed E-state index contributed by atoms with van der Waals surface area (Å²) in [5.74, 6) is -0.700. The average Bonchev–Trinajstić information content (AvgIpc) is 2.97. The fourth-order valence-corrected chi connectivity index (χ4v) is 5.01. The maximum absolute atomic E-state index is 12.7. The van der Waals surface area contributed by atoms with Crippen molar-refractivity contribution in [2.24, 2.45) is 0 Å². The van der Waals surface area contributed by atoms with Crippen molar-refractivity contribution in [3.05, 3.63) is 66.4 Å². The molecule has 1 aliphatic rings. The number of fused-ring (bicyclic) bond motifs is 1. The molecule has 0 radical (unpaired) electrons. The van der Waals surface area contributed by atoms with Crippen LogP contribution in [0.25, 0.3) is 10.9 Å². The minimum absolute atomic E-state index is 0.0411. The van der Waals surface area contributed by atoms with Gasteiger partial charge in [0, 0.05) is 17.1 Å². The Kier molecular flexibility index (Phi) is 4.90. The van der Waals surface area contributed by atoms with Gasteiger partial charge < -0.3 is 10.1 Å². The molecule has 3 amide bonds. The monoisotopic (exact) mass is 425 g/mol. The molecule has 8 nitrogen and oxygen atoms in total. The molecule has 1 aromatic heterocycles. The number of pyridine rings is 1. The van der Waals surface area contributed by atoms with Crippen molar-refractivity contribution in [1.29, 1.82) is 0 Å². The third-order valence-electron chi connectivity index (χ3n) is 4.91. The number of hydrogen-bond donors (Lipinski definition) is 2.